The Bertz CT molecular complexity index is 980. The average molecular weight is 433 g/mol. The molecule has 0 N–H and O–H groups in total. The normalized spacial score (nSPS) is 18.6. The summed E-state index contributed by atoms with van der Waals surface area (Å²) in [6, 6.07) is 20.7. The molecule has 1 fully saturated rings. The van der Waals surface area contributed by atoms with Crippen LogP contribution in [0.1, 0.15) is 74.5 Å². The lowest BCUT2D eigenvalue weighted by molar-refractivity contribution is 0.304. The average Bonchev–Trinajstić information content (AvgIpc) is 2.83. The third kappa shape index (κ3) is 5.85. The lowest BCUT2D eigenvalue weighted by Gasteiger charge is -2.29. The zero-order valence-corrected chi connectivity index (χ0v) is 19.1. The van der Waals surface area contributed by atoms with E-state index in [0.29, 0.717) is 11.5 Å². The van der Waals surface area contributed by atoms with Gasteiger partial charge in [-0.3, -0.25) is 0 Å². The molecule has 0 radical (unpaired) electrons. The van der Waals surface area contributed by atoms with E-state index in [1.54, 1.807) is 6.07 Å². The third-order valence-electron chi connectivity index (χ3n) is 7.16. The van der Waals surface area contributed by atoms with Crippen LogP contribution in [0.3, 0.4) is 0 Å². The Morgan fingerprint density at radius 3 is 1.97 bits per heavy atom. The minimum Gasteiger partial charge on any atom is -0.207 e. The van der Waals surface area contributed by atoms with Crippen molar-refractivity contribution in [3.8, 4) is 11.1 Å². The van der Waals surface area contributed by atoms with Crippen molar-refractivity contribution in [1.82, 2.24) is 0 Å². The largest absolute Gasteiger partial charge is 0.207 e. The van der Waals surface area contributed by atoms with Crippen LogP contribution in [0.4, 0.5) is 8.78 Å². The van der Waals surface area contributed by atoms with Gasteiger partial charge in [0.2, 0.25) is 0 Å². The third-order valence-corrected chi connectivity index (χ3v) is 7.16. The molecule has 0 aromatic heterocycles. The van der Waals surface area contributed by atoms with Crippen molar-refractivity contribution < 1.29 is 8.78 Å². The minimum absolute atomic E-state index is 0.116. The molecule has 168 valence electrons. The van der Waals surface area contributed by atoms with Gasteiger partial charge in [0, 0.05) is 5.56 Å². The summed E-state index contributed by atoms with van der Waals surface area (Å²) >= 11 is 0. The molecule has 1 aliphatic carbocycles. The summed E-state index contributed by atoms with van der Waals surface area (Å²) in [6.45, 7) is 2.26. The topological polar surface area (TPSA) is 0 Å². The number of halogens is 2. The van der Waals surface area contributed by atoms with Crippen LogP contribution in [-0.4, -0.2) is 0 Å². The minimum atomic E-state index is -0.203. The van der Waals surface area contributed by atoms with Crippen LogP contribution in [0.2, 0.25) is 0 Å². The Hall–Kier alpha value is -2.48. The van der Waals surface area contributed by atoms with Crippen molar-refractivity contribution in [3.05, 3.63) is 95.1 Å². The van der Waals surface area contributed by atoms with Crippen LogP contribution < -0.4 is 0 Å². The van der Waals surface area contributed by atoms with Crippen molar-refractivity contribution >= 4 is 0 Å². The number of hydrogen-bond donors (Lipinski definition) is 0. The maximum absolute atomic E-state index is 15.0. The SMILES string of the molecule is CCCCC1CCC(c2ccc(-c3ccc(CCc4ccc(F)cc4)cc3)c(F)c2)CC1. The number of aryl methyl sites for hydroxylation is 2. The van der Waals surface area contributed by atoms with E-state index in [-0.39, 0.29) is 11.6 Å². The van der Waals surface area contributed by atoms with Crippen LogP contribution in [-0.2, 0) is 12.8 Å². The van der Waals surface area contributed by atoms with Crippen LogP contribution in [0, 0.1) is 17.6 Å². The fourth-order valence-electron chi connectivity index (χ4n) is 5.09. The van der Waals surface area contributed by atoms with E-state index in [0.717, 1.165) is 35.4 Å². The van der Waals surface area contributed by atoms with Gasteiger partial charge in [-0.1, -0.05) is 74.7 Å². The van der Waals surface area contributed by atoms with E-state index < -0.39 is 0 Å². The Kier molecular flexibility index (Phi) is 7.73. The van der Waals surface area contributed by atoms with Gasteiger partial charge in [0.05, 0.1) is 0 Å². The van der Waals surface area contributed by atoms with Crippen LogP contribution in [0.25, 0.3) is 11.1 Å². The summed E-state index contributed by atoms with van der Waals surface area (Å²) in [4.78, 5) is 0. The van der Waals surface area contributed by atoms with E-state index >= 15 is 4.39 Å². The highest BCUT2D eigenvalue weighted by Crippen LogP contribution is 2.38. The summed E-state index contributed by atoms with van der Waals surface area (Å²) < 4.78 is 28.1. The molecule has 0 atom stereocenters. The molecule has 0 unspecified atom stereocenters. The number of unbranched alkanes of at least 4 members (excludes halogenated alkanes) is 1. The first-order valence-corrected chi connectivity index (χ1v) is 12.3. The molecule has 0 saturated heterocycles. The summed E-state index contributed by atoms with van der Waals surface area (Å²) in [5.41, 5.74) is 5.08. The lowest BCUT2D eigenvalue weighted by Crippen LogP contribution is -2.13. The van der Waals surface area contributed by atoms with Crippen LogP contribution in [0.5, 0.6) is 0 Å². The van der Waals surface area contributed by atoms with Gasteiger partial charge >= 0.3 is 0 Å². The predicted octanol–water partition coefficient (Wildman–Crippen LogP) is 8.88. The van der Waals surface area contributed by atoms with Gasteiger partial charge < -0.3 is 0 Å². The summed E-state index contributed by atoms with van der Waals surface area (Å²) in [5, 5.41) is 0. The van der Waals surface area contributed by atoms with E-state index in [9.17, 15) is 4.39 Å². The number of benzene rings is 3. The highest BCUT2D eigenvalue weighted by Gasteiger charge is 2.22. The van der Waals surface area contributed by atoms with E-state index in [1.165, 1.54) is 62.6 Å². The zero-order valence-electron chi connectivity index (χ0n) is 19.1. The molecule has 0 heterocycles. The second-order valence-corrected chi connectivity index (χ2v) is 9.42. The fraction of sp³-hybridized carbons (Fsp3) is 0.400. The monoisotopic (exact) mass is 432 g/mol. The molecule has 4 rings (SSSR count). The molecule has 1 saturated carbocycles. The quantitative estimate of drug-likeness (QED) is 0.333. The van der Waals surface area contributed by atoms with E-state index in [4.69, 9.17) is 0 Å². The zero-order chi connectivity index (χ0) is 22.3. The van der Waals surface area contributed by atoms with Crippen LogP contribution >= 0.6 is 0 Å². The van der Waals surface area contributed by atoms with Gasteiger partial charge in [-0.05, 0) is 90.8 Å². The standard InChI is InChI=1S/C30H34F2/c1-2-3-4-22-7-13-25(14-8-22)27-17-20-29(30(32)21-27)26-15-9-23(10-16-26)5-6-24-11-18-28(31)19-12-24/h9-12,15-22,25H,2-8,13-14H2,1H3. The molecule has 0 aliphatic heterocycles. The number of hydrogen-bond acceptors (Lipinski definition) is 0. The Labute approximate surface area is 191 Å². The molecule has 3 aromatic rings. The Balaban J connectivity index is 1.36. The smallest absolute Gasteiger partial charge is 0.131 e. The van der Waals surface area contributed by atoms with Crippen molar-refractivity contribution in [2.45, 2.75) is 70.6 Å². The highest BCUT2D eigenvalue weighted by molar-refractivity contribution is 5.65. The predicted molar refractivity (Wildman–Crippen MR) is 130 cm³/mol. The van der Waals surface area contributed by atoms with Gasteiger partial charge in [-0.2, -0.15) is 0 Å². The molecule has 0 nitrogen and oxygen atoms in total. The second-order valence-electron chi connectivity index (χ2n) is 9.42. The van der Waals surface area contributed by atoms with E-state index in [1.807, 2.05) is 30.3 Å². The van der Waals surface area contributed by atoms with Gasteiger partial charge in [0.25, 0.3) is 0 Å². The van der Waals surface area contributed by atoms with Crippen molar-refractivity contribution in [3.63, 3.8) is 0 Å². The van der Waals surface area contributed by atoms with Gasteiger partial charge in [-0.15, -0.1) is 0 Å². The molecule has 2 heteroatoms. The molecule has 0 bridgehead atoms. The number of rotatable bonds is 8. The maximum atomic E-state index is 15.0. The molecular formula is C30H34F2. The molecule has 32 heavy (non-hydrogen) atoms. The summed E-state index contributed by atoms with van der Waals surface area (Å²) in [6.07, 6.45) is 10.7. The molecular weight excluding hydrogens is 398 g/mol. The molecule has 0 amide bonds. The molecule has 3 aromatic carbocycles. The molecule has 0 spiro atoms. The summed E-state index contributed by atoms with van der Waals surface area (Å²) in [7, 11) is 0. The highest BCUT2D eigenvalue weighted by atomic mass is 19.1. The molecule has 1 aliphatic rings. The maximum Gasteiger partial charge on any atom is 0.131 e. The van der Waals surface area contributed by atoms with Crippen molar-refractivity contribution in [2.75, 3.05) is 0 Å². The van der Waals surface area contributed by atoms with Crippen molar-refractivity contribution in [2.24, 2.45) is 5.92 Å². The second kappa shape index (κ2) is 10.9. The first-order valence-electron chi connectivity index (χ1n) is 12.3. The lowest BCUT2D eigenvalue weighted by atomic mass is 9.77. The van der Waals surface area contributed by atoms with Gasteiger partial charge in [0.1, 0.15) is 11.6 Å². The first kappa shape index (κ1) is 22.7. The van der Waals surface area contributed by atoms with Gasteiger partial charge in [0.15, 0.2) is 0 Å². The van der Waals surface area contributed by atoms with E-state index in [2.05, 4.69) is 25.1 Å². The fourth-order valence-corrected chi connectivity index (χ4v) is 5.09. The van der Waals surface area contributed by atoms with Gasteiger partial charge in [-0.25, -0.2) is 8.78 Å². The first-order chi connectivity index (χ1) is 15.6. The Morgan fingerprint density at radius 1 is 0.750 bits per heavy atom. The van der Waals surface area contributed by atoms with Crippen molar-refractivity contribution in [1.29, 1.82) is 0 Å². The summed E-state index contributed by atoms with van der Waals surface area (Å²) in [5.74, 6) is 1.06. The Morgan fingerprint density at radius 2 is 1.38 bits per heavy atom. The van der Waals surface area contributed by atoms with Crippen LogP contribution in [0.15, 0.2) is 66.7 Å².